The molecule has 1 aromatic carbocycles. The van der Waals surface area contributed by atoms with Crippen LogP contribution >= 0.6 is 0 Å². The van der Waals surface area contributed by atoms with Crippen molar-refractivity contribution < 1.29 is 14.3 Å². The van der Waals surface area contributed by atoms with Crippen LogP contribution in [0.15, 0.2) is 24.3 Å². The number of hydrogen-bond acceptors (Lipinski definition) is 3. The summed E-state index contributed by atoms with van der Waals surface area (Å²) in [6.07, 6.45) is 0.793. The van der Waals surface area contributed by atoms with Crippen molar-refractivity contribution >= 4 is 11.9 Å². The van der Waals surface area contributed by atoms with Crippen molar-refractivity contribution in [2.75, 3.05) is 0 Å². The molecule has 0 unspecified atom stereocenters. The van der Waals surface area contributed by atoms with Gasteiger partial charge >= 0.3 is 5.97 Å². The number of benzene rings is 1. The smallest absolute Gasteiger partial charge is 0.308 e. The van der Waals surface area contributed by atoms with Gasteiger partial charge in [0.1, 0.15) is 5.75 Å². The van der Waals surface area contributed by atoms with Gasteiger partial charge in [-0.25, -0.2) is 0 Å². The highest BCUT2D eigenvalue weighted by atomic mass is 16.5. The molecular weight excluding hydrogens is 242 g/mol. The van der Waals surface area contributed by atoms with E-state index in [9.17, 15) is 9.59 Å². The number of nitrogens with one attached hydrogen (secondary N) is 1. The number of para-hydroxylation sites is 1. The largest absolute Gasteiger partial charge is 0.426 e. The minimum absolute atomic E-state index is 0.169. The van der Waals surface area contributed by atoms with Gasteiger partial charge in [-0.15, -0.1) is 0 Å². The number of rotatable bonds is 5. The average Bonchev–Trinajstić information content (AvgIpc) is 2.27. The Hall–Kier alpha value is -1.84. The van der Waals surface area contributed by atoms with Crippen molar-refractivity contribution in [1.29, 1.82) is 0 Å². The molecule has 0 spiro atoms. The Morgan fingerprint density at radius 3 is 2.53 bits per heavy atom. The third-order valence-electron chi connectivity index (χ3n) is 2.48. The lowest BCUT2D eigenvalue weighted by Crippen LogP contribution is -2.34. The summed E-state index contributed by atoms with van der Waals surface area (Å²) in [6, 6.07) is 6.48. The van der Waals surface area contributed by atoms with Crippen LogP contribution in [0.4, 0.5) is 0 Å². The first-order valence-corrected chi connectivity index (χ1v) is 6.31. The van der Waals surface area contributed by atoms with Crippen molar-refractivity contribution in [3.8, 4) is 5.75 Å². The monoisotopic (exact) mass is 262 g/mol. The highest BCUT2D eigenvalue weighted by Crippen LogP contribution is 2.18. The molecule has 0 aliphatic carbocycles. The summed E-state index contributed by atoms with van der Waals surface area (Å²) in [6.45, 7) is 9.33. The Labute approximate surface area is 114 Å². The van der Waals surface area contributed by atoms with Crippen molar-refractivity contribution in [3.05, 3.63) is 36.8 Å². The summed E-state index contributed by atoms with van der Waals surface area (Å²) in [5, 5.41) is 2.80. The zero-order chi connectivity index (χ0) is 14.4. The predicted octanol–water partition coefficient (Wildman–Crippen LogP) is 2.59. The van der Waals surface area contributed by atoms with E-state index in [2.05, 4.69) is 26.1 Å². The van der Waals surface area contributed by atoms with Crippen LogP contribution in [0.25, 0.3) is 0 Å². The van der Waals surface area contributed by atoms with Gasteiger partial charge in [-0.05, 0) is 31.4 Å². The maximum Gasteiger partial charge on any atom is 0.308 e. The van der Waals surface area contributed by atoms with Gasteiger partial charge in [0.05, 0.1) is 5.56 Å². The molecule has 0 heterocycles. The minimum atomic E-state index is -0.450. The van der Waals surface area contributed by atoms with Crippen molar-refractivity contribution in [3.63, 3.8) is 0 Å². The molecule has 0 aromatic heterocycles. The molecule has 1 atom stereocenters. The van der Waals surface area contributed by atoms with Gasteiger partial charge in [0.25, 0.3) is 5.91 Å². The van der Waals surface area contributed by atoms with Gasteiger partial charge < -0.3 is 10.1 Å². The Kier molecular flexibility index (Phi) is 5.55. The first kappa shape index (κ1) is 15.2. The second-order valence-corrected chi connectivity index (χ2v) is 4.89. The first-order chi connectivity index (χ1) is 8.90. The molecule has 4 nitrogen and oxygen atoms in total. The molecule has 0 saturated carbocycles. The molecule has 0 saturated heterocycles. The number of ether oxygens (including phenoxy) is 1. The highest BCUT2D eigenvalue weighted by Gasteiger charge is 2.16. The molecule has 1 amide bonds. The maximum atomic E-state index is 12.1. The van der Waals surface area contributed by atoms with Crippen LogP contribution < -0.4 is 10.1 Å². The van der Waals surface area contributed by atoms with Gasteiger partial charge in [0, 0.05) is 13.0 Å². The van der Waals surface area contributed by atoms with E-state index in [-0.39, 0.29) is 17.7 Å². The summed E-state index contributed by atoms with van der Waals surface area (Å²) in [4.78, 5) is 23.1. The molecule has 0 aliphatic rings. The van der Waals surface area contributed by atoms with E-state index in [1.807, 2.05) is 0 Å². The van der Waals surface area contributed by atoms with Gasteiger partial charge in [-0.3, -0.25) is 9.59 Å². The van der Waals surface area contributed by atoms with E-state index in [1.165, 1.54) is 6.92 Å². The summed E-state index contributed by atoms with van der Waals surface area (Å²) in [7, 11) is 0. The van der Waals surface area contributed by atoms with E-state index in [0.717, 1.165) is 6.42 Å². The summed E-state index contributed by atoms with van der Waals surface area (Å²) >= 11 is 0. The standard InChI is InChI=1S/C15H20NO3/c1-10(2)9-11(3)16-15(18)13-7-5-6-8-14(13)19-12(4)17/h5-8,10-11H,3,9H2,1-2,4H3,(H,16,18)/t11-/m0/s1. The fraction of sp³-hybridized carbons (Fsp3) is 0.400. The molecule has 1 aromatic rings. The van der Waals surface area contributed by atoms with Gasteiger partial charge in [0.2, 0.25) is 0 Å². The molecule has 4 heteroatoms. The number of carbonyl (C=O) groups excluding carboxylic acids is 2. The lowest BCUT2D eigenvalue weighted by atomic mass is 10.0. The van der Waals surface area contributed by atoms with Crippen LogP contribution in [0.5, 0.6) is 5.75 Å². The number of amides is 1. The number of hydrogen-bond donors (Lipinski definition) is 1. The van der Waals surface area contributed by atoms with Crippen molar-refractivity contribution in [1.82, 2.24) is 5.32 Å². The Morgan fingerprint density at radius 1 is 1.32 bits per heavy atom. The molecule has 0 bridgehead atoms. The summed E-state index contributed by atoms with van der Waals surface area (Å²) in [5.41, 5.74) is 0.343. The molecule has 0 fully saturated rings. The normalized spacial score (nSPS) is 12.1. The van der Waals surface area contributed by atoms with E-state index in [4.69, 9.17) is 4.74 Å². The van der Waals surface area contributed by atoms with Crippen LogP contribution in [0.1, 0.15) is 37.6 Å². The van der Waals surface area contributed by atoms with E-state index in [0.29, 0.717) is 11.5 Å². The zero-order valence-corrected chi connectivity index (χ0v) is 11.6. The molecule has 1 radical (unpaired) electrons. The van der Waals surface area contributed by atoms with Crippen LogP contribution in [0.3, 0.4) is 0 Å². The Balaban J connectivity index is 2.79. The molecule has 0 aliphatic heterocycles. The fourth-order valence-corrected chi connectivity index (χ4v) is 1.79. The van der Waals surface area contributed by atoms with Crippen LogP contribution in [-0.4, -0.2) is 17.9 Å². The van der Waals surface area contributed by atoms with Gasteiger partial charge in [0.15, 0.2) is 0 Å². The average molecular weight is 262 g/mol. The maximum absolute atomic E-state index is 12.1. The lowest BCUT2D eigenvalue weighted by Gasteiger charge is -2.16. The lowest BCUT2D eigenvalue weighted by molar-refractivity contribution is -0.131. The Morgan fingerprint density at radius 2 is 1.95 bits per heavy atom. The van der Waals surface area contributed by atoms with Crippen LogP contribution in [-0.2, 0) is 4.79 Å². The summed E-state index contributed by atoms with van der Waals surface area (Å²) in [5.74, 6) is -0.0122. The molecular formula is C15H20NO3. The number of esters is 1. The molecule has 1 rings (SSSR count). The Bertz CT molecular complexity index is 454. The quantitative estimate of drug-likeness (QED) is 0.655. The first-order valence-electron chi connectivity index (χ1n) is 6.31. The fourth-order valence-electron chi connectivity index (χ4n) is 1.79. The SMILES string of the molecule is [CH2][C@@H](CC(C)C)NC(=O)c1ccccc1OC(C)=O. The zero-order valence-electron chi connectivity index (χ0n) is 11.6. The molecule has 1 N–H and O–H groups in total. The second kappa shape index (κ2) is 6.92. The third-order valence-corrected chi connectivity index (χ3v) is 2.48. The molecule has 103 valence electrons. The predicted molar refractivity (Wildman–Crippen MR) is 73.8 cm³/mol. The highest BCUT2D eigenvalue weighted by molar-refractivity contribution is 5.97. The topological polar surface area (TPSA) is 55.4 Å². The van der Waals surface area contributed by atoms with Crippen LogP contribution in [0, 0.1) is 12.8 Å². The number of carbonyl (C=O) groups is 2. The van der Waals surface area contributed by atoms with Crippen molar-refractivity contribution in [2.45, 2.75) is 33.2 Å². The van der Waals surface area contributed by atoms with E-state index in [1.54, 1.807) is 24.3 Å². The van der Waals surface area contributed by atoms with E-state index >= 15 is 0 Å². The van der Waals surface area contributed by atoms with E-state index < -0.39 is 5.97 Å². The second-order valence-electron chi connectivity index (χ2n) is 4.89. The summed E-state index contributed by atoms with van der Waals surface area (Å²) < 4.78 is 5.01. The van der Waals surface area contributed by atoms with Crippen LogP contribution in [0.2, 0.25) is 0 Å². The van der Waals surface area contributed by atoms with Gasteiger partial charge in [-0.1, -0.05) is 26.0 Å². The van der Waals surface area contributed by atoms with Gasteiger partial charge in [-0.2, -0.15) is 0 Å². The minimum Gasteiger partial charge on any atom is -0.426 e. The third kappa shape index (κ3) is 5.12. The molecule has 19 heavy (non-hydrogen) atoms. The van der Waals surface area contributed by atoms with Crippen molar-refractivity contribution in [2.24, 2.45) is 5.92 Å².